The number of amides is 1. The molecule has 0 bridgehead atoms. The lowest BCUT2D eigenvalue weighted by atomic mass is 9.90. The average Bonchev–Trinajstić information content (AvgIpc) is 2.82. The van der Waals surface area contributed by atoms with Gasteiger partial charge >= 0.3 is 0 Å². The van der Waals surface area contributed by atoms with Gasteiger partial charge in [0.2, 0.25) is 0 Å². The Labute approximate surface area is 167 Å². The molecular formula is C20H19Cl2NO4. The molecule has 0 saturated heterocycles. The van der Waals surface area contributed by atoms with Gasteiger partial charge in [-0.15, -0.1) is 0 Å². The number of Topliss-reactive ketones (excluding diaryl/α,β-unsaturated/α-hetero) is 1. The molecule has 27 heavy (non-hydrogen) atoms. The van der Waals surface area contributed by atoms with Crippen molar-refractivity contribution < 1.29 is 19.4 Å². The number of para-hydroxylation sites is 1. The van der Waals surface area contributed by atoms with E-state index in [9.17, 15) is 14.7 Å². The summed E-state index contributed by atoms with van der Waals surface area (Å²) in [5.74, 6) is -0.326. The van der Waals surface area contributed by atoms with E-state index in [0.717, 1.165) is 5.56 Å². The van der Waals surface area contributed by atoms with Crippen LogP contribution in [-0.2, 0) is 21.7 Å². The largest absolute Gasteiger partial charge is 0.494 e. The molecule has 2 aromatic carbocycles. The van der Waals surface area contributed by atoms with E-state index in [2.05, 4.69) is 0 Å². The van der Waals surface area contributed by atoms with Crippen molar-refractivity contribution >= 4 is 40.6 Å². The van der Waals surface area contributed by atoms with E-state index >= 15 is 0 Å². The minimum Gasteiger partial charge on any atom is -0.494 e. The fourth-order valence-corrected chi connectivity index (χ4v) is 3.97. The Bertz CT molecular complexity index is 915. The van der Waals surface area contributed by atoms with Gasteiger partial charge in [-0.25, -0.2) is 0 Å². The normalized spacial score (nSPS) is 18.6. The maximum atomic E-state index is 13.2. The summed E-state index contributed by atoms with van der Waals surface area (Å²) in [7, 11) is 0. The lowest BCUT2D eigenvalue weighted by molar-refractivity contribution is -0.141. The maximum absolute atomic E-state index is 13.2. The summed E-state index contributed by atoms with van der Waals surface area (Å²) < 4.78 is 5.63. The fourth-order valence-electron chi connectivity index (χ4n) is 3.41. The van der Waals surface area contributed by atoms with Crippen molar-refractivity contribution in [2.75, 3.05) is 11.5 Å². The van der Waals surface area contributed by atoms with E-state index in [1.165, 1.54) is 17.9 Å². The second-order valence-electron chi connectivity index (χ2n) is 6.42. The van der Waals surface area contributed by atoms with Crippen LogP contribution in [0.3, 0.4) is 0 Å². The molecule has 0 fully saturated rings. The highest BCUT2D eigenvalue weighted by Gasteiger charge is 2.52. The number of ether oxygens (including phenoxy) is 1. The third kappa shape index (κ3) is 3.43. The van der Waals surface area contributed by atoms with Gasteiger partial charge in [0.15, 0.2) is 5.60 Å². The molecule has 2 aromatic rings. The number of anilines is 1. The highest BCUT2D eigenvalue weighted by molar-refractivity contribution is 6.38. The van der Waals surface area contributed by atoms with E-state index < -0.39 is 11.5 Å². The van der Waals surface area contributed by atoms with Crippen LogP contribution in [0.25, 0.3) is 0 Å². The van der Waals surface area contributed by atoms with Crippen molar-refractivity contribution in [2.24, 2.45) is 0 Å². The summed E-state index contributed by atoms with van der Waals surface area (Å²) in [5.41, 5.74) is -0.791. The van der Waals surface area contributed by atoms with Crippen LogP contribution in [0.2, 0.25) is 10.0 Å². The first-order valence-electron chi connectivity index (χ1n) is 8.52. The van der Waals surface area contributed by atoms with Crippen LogP contribution in [0.5, 0.6) is 5.75 Å². The Morgan fingerprint density at radius 2 is 1.85 bits per heavy atom. The molecule has 1 amide bonds. The molecule has 1 N–H and O–H groups in total. The second-order valence-corrected chi connectivity index (χ2v) is 7.24. The van der Waals surface area contributed by atoms with Gasteiger partial charge in [0.05, 0.1) is 23.9 Å². The molecule has 1 aliphatic heterocycles. The molecule has 0 aliphatic carbocycles. The Kier molecular flexibility index (Phi) is 5.47. The summed E-state index contributed by atoms with van der Waals surface area (Å²) in [6, 6.07) is 10.4. The highest BCUT2D eigenvalue weighted by atomic mass is 35.5. The van der Waals surface area contributed by atoms with Crippen LogP contribution in [0.15, 0.2) is 36.4 Å². The van der Waals surface area contributed by atoms with E-state index in [0.29, 0.717) is 18.0 Å². The number of hydrogen-bond donors (Lipinski definition) is 1. The Morgan fingerprint density at radius 3 is 2.52 bits per heavy atom. The first kappa shape index (κ1) is 19.7. The number of aliphatic hydroxyl groups is 1. The molecule has 7 heteroatoms. The zero-order valence-electron chi connectivity index (χ0n) is 15.0. The number of carbonyl (C=O) groups is 2. The third-order valence-electron chi connectivity index (χ3n) is 4.47. The van der Waals surface area contributed by atoms with Gasteiger partial charge in [0, 0.05) is 22.6 Å². The van der Waals surface area contributed by atoms with Crippen LogP contribution in [-0.4, -0.2) is 23.4 Å². The number of fused-ring (bicyclic) bond motifs is 1. The van der Waals surface area contributed by atoms with Gasteiger partial charge in [-0.1, -0.05) is 41.4 Å². The number of halogens is 2. The van der Waals surface area contributed by atoms with Gasteiger partial charge in [0.25, 0.3) is 5.91 Å². The predicted molar refractivity (Wildman–Crippen MR) is 104 cm³/mol. The Morgan fingerprint density at radius 1 is 1.19 bits per heavy atom. The first-order chi connectivity index (χ1) is 12.8. The fraction of sp³-hybridized carbons (Fsp3) is 0.300. The van der Waals surface area contributed by atoms with Gasteiger partial charge < -0.3 is 14.7 Å². The van der Waals surface area contributed by atoms with E-state index in [1.807, 2.05) is 31.2 Å². The monoisotopic (exact) mass is 407 g/mol. The number of rotatable bonds is 6. The van der Waals surface area contributed by atoms with Crippen LogP contribution < -0.4 is 9.64 Å². The number of nitrogens with zero attached hydrogens (tertiary/aromatic N) is 1. The van der Waals surface area contributed by atoms with Crippen molar-refractivity contribution in [1.82, 2.24) is 0 Å². The number of hydrogen-bond acceptors (Lipinski definition) is 4. The lowest BCUT2D eigenvalue weighted by Gasteiger charge is -2.23. The summed E-state index contributed by atoms with van der Waals surface area (Å²) in [4.78, 5) is 26.3. The van der Waals surface area contributed by atoms with E-state index in [4.69, 9.17) is 27.9 Å². The average molecular weight is 408 g/mol. The minimum absolute atomic E-state index is 0.127. The molecule has 0 unspecified atom stereocenters. The quantitative estimate of drug-likeness (QED) is 0.782. The lowest BCUT2D eigenvalue weighted by Crippen LogP contribution is -2.41. The second kappa shape index (κ2) is 7.50. The van der Waals surface area contributed by atoms with Gasteiger partial charge in [-0.3, -0.25) is 9.59 Å². The first-order valence-corrected chi connectivity index (χ1v) is 9.28. The van der Waals surface area contributed by atoms with E-state index in [1.54, 1.807) is 6.07 Å². The predicted octanol–water partition coefficient (Wildman–Crippen LogP) is 4.11. The van der Waals surface area contributed by atoms with Crippen molar-refractivity contribution in [1.29, 1.82) is 0 Å². The van der Waals surface area contributed by atoms with Crippen LogP contribution in [0, 0.1) is 0 Å². The van der Waals surface area contributed by atoms with Gasteiger partial charge in [-0.05, 0) is 32.0 Å². The Hall–Kier alpha value is -2.08. The van der Waals surface area contributed by atoms with Crippen LogP contribution in [0.4, 0.5) is 5.69 Å². The molecule has 142 valence electrons. The van der Waals surface area contributed by atoms with Crippen molar-refractivity contribution in [3.05, 3.63) is 57.6 Å². The topological polar surface area (TPSA) is 66.8 Å². The smallest absolute Gasteiger partial charge is 0.264 e. The molecule has 0 spiro atoms. The van der Waals surface area contributed by atoms with Gasteiger partial charge in [0.1, 0.15) is 11.5 Å². The zero-order valence-corrected chi connectivity index (χ0v) is 16.5. The number of ketones is 1. The van der Waals surface area contributed by atoms with Crippen molar-refractivity contribution in [3.8, 4) is 5.75 Å². The van der Waals surface area contributed by atoms with Crippen molar-refractivity contribution in [2.45, 2.75) is 32.4 Å². The molecule has 0 radical (unpaired) electrons. The molecule has 0 saturated carbocycles. The summed E-state index contributed by atoms with van der Waals surface area (Å²) in [6.07, 6.45) is -0.373. The number of benzene rings is 2. The SMILES string of the molecule is CCOc1ccccc1CN1C(=O)[C@](O)(CC(C)=O)c2c(Cl)ccc(Cl)c21. The van der Waals surface area contributed by atoms with Crippen molar-refractivity contribution in [3.63, 3.8) is 0 Å². The molecule has 1 aliphatic rings. The Balaban J connectivity index is 2.12. The minimum atomic E-state index is -2.04. The van der Waals surface area contributed by atoms with E-state index in [-0.39, 0.29) is 34.4 Å². The molecule has 0 aromatic heterocycles. The standard InChI is InChI=1S/C20H19Cl2NO4/c1-3-27-16-7-5-4-6-13(16)11-23-18-15(22)9-8-14(21)17(18)20(26,19(23)25)10-12(2)24/h4-9,26H,3,10-11H2,1-2H3/t20-/m0/s1. The highest BCUT2D eigenvalue weighted by Crippen LogP contribution is 2.50. The molecule has 3 rings (SSSR count). The van der Waals surface area contributed by atoms with Crippen LogP contribution >= 0.6 is 23.2 Å². The molecule has 1 atom stereocenters. The maximum Gasteiger partial charge on any atom is 0.264 e. The zero-order chi connectivity index (χ0) is 19.8. The molecule has 5 nitrogen and oxygen atoms in total. The third-order valence-corrected chi connectivity index (χ3v) is 5.09. The summed E-state index contributed by atoms with van der Waals surface area (Å²) in [6.45, 7) is 3.79. The summed E-state index contributed by atoms with van der Waals surface area (Å²) >= 11 is 12.6. The molecule has 1 heterocycles. The summed E-state index contributed by atoms with van der Waals surface area (Å²) in [5, 5.41) is 11.6. The number of carbonyl (C=O) groups excluding carboxylic acids is 2. The van der Waals surface area contributed by atoms with Crippen LogP contribution in [0.1, 0.15) is 31.4 Å². The molecular weight excluding hydrogens is 389 g/mol. The van der Waals surface area contributed by atoms with Gasteiger partial charge in [-0.2, -0.15) is 0 Å².